The van der Waals surface area contributed by atoms with E-state index in [4.69, 9.17) is 19.9 Å². The van der Waals surface area contributed by atoms with Crippen LogP contribution in [-0.4, -0.2) is 25.2 Å². The molecule has 0 spiro atoms. The SMILES string of the molecule is COc1ccc(CN=C(N)NCc2cccnc2OCc2ccccc2)cc1OC.I. The Kier molecular flexibility index (Phi) is 9.89. The maximum atomic E-state index is 6.03. The van der Waals surface area contributed by atoms with Crippen LogP contribution in [0.4, 0.5) is 0 Å². The highest BCUT2D eigenvalue weighted by atomic mass is 127. The maximum Gasteiger partial charge on any atom is 0.218 e. The molecule has 164 valence electrons. The third kappa shape index (κ3) is 7.32. The van der Waals surface area contributed by atoms with Crippen molar-refractivity contribution in [3.05, 3.63) is 83.6 Å². The van der Waals surface area contributed by atoms with E-state index in [2.05, 4.69) is 15.3 Å². The lowest BCUT2D eigenvalue weighted by molar-refractivity contribution is 0.290. The number of rotatable bonds is 9. The summed E-state index contributed by atoms with van der Waals surface area (Å²) in [7, 11) is 3.21. The molecule has 1 aromatic heterocycles. The number of guanidine groups is 1. The fraction of sp³-hybridized carbons (Fsp3) is 0.217. The molecule has 0 saturated heterocycles. The van der Waals surface area contributed by atoms with E-state index >= 15 is 0 Å². The van der Waals surface area contributed by atoms with Crippen LogP contribution in [0, 0.1) is 0 Å². The maximum absolute atomic E-state index is 6.03. The van der Waals surface area contributed by atoms with Crippen LogP contribution in [0.1, 0.15) is 16.7 Å². The Hall–Kier alpha value is -3.01. The molecule has 2 aromatic carbocycles. The number of ether oxygens (including phenoxy) is 3. The molecule has 0 aliphatic rings. The second-order valence-corrected chi connectivity index (χ2v) is 6.49. The summed E-state index contributed by atoms with van der Waals surface area (Å²) in [6, 6.07) is 19.4. The molecule has 0 bridgehead atoms. The van der Waals surface area contributed by atoms with E-state index in [0.717, 1.165) is 16.7 Å². The summed E-state index contributed by atoms with van der Waals surface area (Å²) in [4.78, 5) is 8.72. The van der Waals surface area contributed by atoms with Gasteiger partial charge in [-0.3, -0.25) is 0 Å². The van der Waals surface area contributed by atoms with Gasteiger partial charge in [0.1, 0.15) is 6.61 Å². The molecule has 0 saturated carbocycles. The Bertz CT molecular complexity index is 984. The fourth-order valence-corrected chi connectivity index (χ4v) is 2.81. The molecule has 3 rings (SSSR count). The lowest BCUT2D eigenvalue weighted by Gasteiger charge is -2.12. The predicted octanol–water partition coefficient (Wildman–Crippen LogP) is 3.90. The Balaban J connectivity index is 0.00000341. The monoisotopic (exact) mass is 534 g/mol. The van der Waals surface area contributed by atoms with Crippen molar-refractivity contribution in [3.63, 3.8) is 0 Å². The van der Waals surface area contributed by atoms with Gasteiger partial charge in [0, 0.05) is 18.3 Å². The summed E-state index contributed by atoms with van der Waals surface area (Å²) in [6.45, 7) is 1.33. The van der Waals surface area contributed by atoms with Gasteiger partial charge in [-0.1, -0.05) is 42.5 Å². The highest BCUT2D eigenvalue weighted by molar-refractivity contribution is 14.0. The number of hydrogen-bond acceptors (Lipinski definition) is 5. The minimum absolute atomic E-state index is 0. The number of aliphatic imine (C=N–C) groups is 1. The smallest absolute Gasteiger partial charge is 0.218 e. The second-order valence-electron chi connectivity index (χ2n) is 6.49. The molecule has 7 nitrogen and oxygen atoms in total. The van der Waals surface area contributed by atoms with Crippen molar-refractivity contribution in [2.75, 3.05) is 14.2 Å². The summed E-state index contributed by atoms with van der Waals surface area (Å²) >= 11 is 0. The van der Waals surface area contributed by atoms with Crippen molar-refractivity contribution in [3.8, 4) is 17.4 Å². The zero-order valence-corrected chi connectivity index (χ0v) is 19.9. The first-order chi connectivity index (χ1) is 14.7. The van der Waals surface area contributed by atoms with Crippen LogP contribution in [0.15, 0.2) is 71.9 Å². The molecule has 0 amide bonds. The van der Waals surface area contributed by atoms with Gasteiger partial charge in [-0.05, 0) is 29.3 Å². The molecule has 0 fully saturated rings. The normalized spacial score (nSPS) is 10.7. The van der Waals surface area contributed by atoms with Crippen molar-refractivity contribution in [2.24, 2.45) is 10.7 Å². The van der Waals surface area contributed by atoms with Gasteiger partial charge in [0.2, 0.25) is 5.88 Å². The highest BCUT2D eigenvalue weighted by Crippen LogP contribution is 2.27. The zero-order valence-electron chi connectivity index (χ0n) is 17.6. The molecule has 8 heteroatoms. The van der Waals surface area contributed by atoms with Gasteiger partial charge >= 0.3 is 0 Å². The minimum Gasteiger partial charge on any atom is -0.493 e. The quantitative estimate of drug-likeness (QED) is 0.246. The summed E-state index contributed by atoms with van der Waals surface area (Å²) in [5.41, 5.74) is 8.98. The van der Waals surface area contributed by atoms with Crippen molar-refractivity contribution >= 4 is 29.9 Å². The number of nitrogens with zero attached hydrogens (tertiary/aromatic N) is 2. The molecule has 0 radical (unpaired) electrons. The number of nitrogens with two attached hydrogens (primary N) is 1. The number of aromatic nitrogens is 1. The van der Waals surface area contributed by atoms with Crippen molar-refractivity contribution < 1.29 is 14.2 Å². The molecular weight excluding hydrogens is 507 g/mol. The van der Waals surface area contributed by atoms with Crippen LogP contribution < -0.4 is 25.3 Å². The number of benzene rings is 2. The standard InChI is InChI=1S/C23H26N4O3.HI/c1-28-20-11-10-18(13-21(20)29-2)14-26-23(24)27-15-19-9-6-12-25-22(19)30-16-17-7-4-3-5-8-17;/h3-13H,14-16H2,1-2H3,(H3,24,26,27);1H. The number of methoxy groups -OCH3 is 2. The van der Waals surface area contributed by atoms with Crippen LogP contribution in [0.2, 0.25) is 0 Å². The summed E-state index contributed by atoms with van der Waals surface area (Å²) in [5, 5.41) is 3.11. The average molecular weight is 534 g/mol. The Morgan fingerprint density at radius 3 is 2.48 bits per heavy atom. The zero-order chi connectivity index (χ0) is 21.2. The van der Waals surface area contributed by atoms with Gasteiger partial charge in [-0.2, -0.15) is 0 Å². The van der Waals surface area contributed by atoms with Crippen LogP contribution in [0.5, 0.6) is 17.4 Å². The van der Waals surface area contributed by atoms with Crippen LogP contribution >= 0.6 is 24.0 Å². The van der Waals surface area contributed by atoms with Crippen molar-refractivity contribution in [2.45, 2.75) is 19.7 Å². The number of hydrogen-bond donors (Lipinski definition) is 2. The van der Waals surface area contributed by atoms with Gasteiger partial charge in [0.25, 0.3) is 0 Å². The van der Waals surface area contributed by atoms with Gasteiger partial charge in [0.15, 0.2) is 17.5 Å². The van der Waals surface area contributed by atoms with E-state index < -0.39 is 0 Å². The van der Waals surface area contributed by atoms with Crippen LogP contribution in [0.25, 0.3) is 0 Å². The highest BCUT2D eigenvalue weighted by Gasteiger charge is 2.07. The lowest BCUT2D eigenvalue weighted by Crippen LogP contribution is -2.31. The van der Waals surface area contributed by atoms with Crippen molar-refractivity contribution in [1.82, 2.24) is 10.3 Å². The van der Waals surface area contributed by atoms with E-state index in [-0.39, 0.29) is 24.0 Å². The third-order valence-electron chi connectivity index (χ3n) is 4.41. The Labute approximate surface area is 199 Å². The van der Waals surface area contributed by atoms with Gasteiger partial charge in [-0.25, -0.2) is 9.98 Å². The molecule has 31 heavy (non-hydrogen) atoms. The van der Waals surface area contributed by atoms with Gasteiger partial charge in [-0.15, -0.1) is 24.0 Å². The topological polar surface area (TPSA) is 91.0 Å². The van der Waals surface area contributed by atoms with Crippen LogP contribution in [0.3, 0.4) is 0 Å². The largest absolute Gasteiger partial charge is 0.493 e. The molecule has 1 heterocycles. The molecule has 0 unspecified atom stereocenters. The molecular formula is C23H27IN4O3. The first kappa shape index (κ1) is 24.3. The predicted molar refractivity (Wildman–Crippen MR) is 132 cm³/mol. The van der Waals surface area contributed by atoms with Crippen LogP contribution in [-0.2, 0) is 19.7 Å². The summed E-state index contributed by atoms with van der Waals surface area (Å²) in [6.07, 6.45) is 1.71. The van der Waals surface area contributed by atoms with E-state index in [9.17, 15) is 0 Å². The lowest BCUT2D eigenvalue weighted by atomic mass is 10.2. The third-order valence-corrected chi connectivity index (χ3v) is 4.41. The van der Waals surface area contributed by atoms with E-state index in [1.54, 1.807) is 20.4 Å². The van der Waals surface area contributed by atoms with E-state index in [1.165, 1.54) is 0 Å². The molecule has 0 aliphatic carbocycles. The minimum atomic E-state index is 0. The Morgan fingerprint density at radius 2 is 1.74 bits per heavy atom. The number of halogens is 1. The first-order valence-corrected chi connectivity index (χ1v) is 9.55. The molecule has 3 aromatic rings. The average Bonchev–Trinajstić information content (AvgIpc) is 2.81. The second kappa shape index (κ2) is 12.6. The fourth-order valence-electron chi connectivity index (χ4n) is 2.81. The van der Waals surface area contributed by atoms with E-state index in [1.807, 2.05) is 60.7 Å². The van der Waals surface area contributed by atoms with Crippen molar-refractivity contribution in [1.29, 1.82) is 0 Å². The first-order valence-electron chi connectivity index (χ1n) is 9.55. The summed E-state index contributed by atoms with van der Waals surface area (Å²) in [5.74, 6) is 2.24. The number of nitrogens with one attached hydrogen (secondary N) is 1. The van der Waals surface area contributed by atoms with Gasteiger partial charge in [0.05, 0.1) is 20.8 Å². The molecule has 0 aliphatic heterocycles. The molecule has 3 N–H and O–H groups in total. The summed E-state index contributed by atoms with van der Waals surface area (Å²) < 4.78 is 16.4. The Morgan fingerprint density at radius 1 is 0.968 bits per heavy atom. The van der Waals surface area contributed by atoms with Gasteiger partial charge < -0.3 is 25.3 Å². The molecule has 0 atom stereocenters. The van der Waals surface area contributed by atoms with E-state index in [0.29, 0.717) is 43.0 Å². The number of pyridine rings is 1.